The Kier molecular flexibility index (Phi) is 8.73. The Hall–Kier alpha value is -4.92. The van der Waals surface area contributed by atoms with E-state index in [0.29, 0.717) is 37.4 Å². The highest BCUT2D eigenvalue weighted by atomic mass is 16.6. The minimum absolute atomic E-state index is 0.0936. The molecule has 0 radical (unpaired) electrons. The molecule has 0 unspecified atom stereocenters. The summed E-state index contributed by atoms with van der Waals surface area (Å²) in [6.45, 7) is 3.03. The lowest BCUT2D eigenvalue weighted by atomic mass is 10.0. The fraction of sp³-hybridized carbons (Fsp3) is 0.250. The van der Waals surface area contributed by atoms with Gasteiger partial charge in [0.15, 0.2) is 0 Å². The number of para-hydroxylation sites is 1. The van der Waals surface area contributed by atoms with E-state index in [9.17, 15) is 14.4 Å². The topological polar surface area (TPSA) is 98.8 Å². The van der Waals surface area contributed by atoms with E-state index in [4.69, 9.17) is 4.74 Å². The van der Waals surface area contributed by atoms with Gasteiger partial charge in [-0.25, -0.2) is 9.78 Å². The van der Waals surface area contributed by atoms with Crippen molar-refractivity contribution in [1.29, 1.82) is 0 Å². The molecular weight excluding hydrogens is 518 g/mol. The number of imidazole rings is 1. The van der Waals surface area contributed by atoms with Gasteiger partial charge < -0.3 is 24.4 Å². The van der Waals surface area contributed by atoms with Crippen LogP contribution in [0, 0.1) is 0 Å². The monoisotopic (exact) mass is 551 g/mol. The summed E-state index contributed by atoms with van der Waals surface area (Å²) in [6, 6.07) is 28.2. The zero-order valence-electron chi connectivity index (χ0n) is 23.0. The molecule has 1 fully saturated rings. The van der Waals surface area contributed by atoms with E-state index in [2.05, 4.69) is 9.97 Å². The van der Waals surface area contributed by atoms with Crippen molar-refractivity contribution in [3.63, 3.8) is 0 Å². The van der Waals surface area contributed by atoms with Crippen molar-refractivity contribution in [1.82, 2.24) is 19.8 Å². The number of H-pyrrole nitrogens is 1. The van der Waals surface area contributed by atoms with Crippen LogP contribution in [0.15, 0.2) is 97.3 Å². The number of benzene rings is 3. The number of anilines is 1. The molecule has 3 aromatic carbocycles. The fourth-order valence-corrected chi connectivity index (χ4v) is 5.12. The van der Waals surface area contributed by atoms with Crippen molar-refractivity contribution in [2.75, 3.05) is 31.1 Å². The maximum Gasteiger partial charge on any atom is 0.410 e. The van der Waals surface area contributed by atoms with Gasteiger partial charge in [0, 0.05) is 44.4 Å². The molecule has 4 aromatic rings. The number of carbonyl (C=O) groups excluding carboxylic acids is 3. The van der Waals surface area contributed by atoms with Gasteiger partial charge in [-0.3, -0.25) is 9.59 Å². The molecule has 1 saturated heterocycles. The summed E-state index contributed by atoms with van der Waals surface area (Å²) in [6.07, 6.45) is 1.57. The van der Waals surface area contributed by atoms with E-state index >= 15 is 0 Å². The Labute approximate surface area is 239 Å². The van der Waals surface area contributed by atoms with Crippen molar-refractivity contribution >= 4 is 23.6 Å². The molecule has 41 heavy (non-hydrogen) atoms. The zero-order chi connectivity index (χ0) is 28.6. The minimum atomic E-state index is -0.427. The first-order valence-electron chi connectivity index (χ1n) is 13.7. The lowest BCUT2D eigenvalue weighted by molar-refractivity contribution is -0.116. The largest absolute Gasteiger partial charge is 0.445 e. The van der Waals surface area contributed by atoms with Gasteiger partial charge >= 0.3 is 6.09 Å². The first-order chi connectivity index (χ1) is 20.0. The maximum atomic E-state index is 13.9. The second-order valence-corrected chi connectivity index (χ2v) is 9.93. The van der Waals surface area contributed by atoms with Crippen molar-refractivity contribution in [3.8, 4) is 11.3 Å². The van der Waals surface area contributed by atoms with Gasteiger partial charge in [-0.2, -0.15) is 0 Å². The number of hydrogen-bond donors (Lipinski definition) is 1. The minimum Gasteiger partial charge on any atom is -0.445 e. The molecule has 1 N–H and O–H groups in total. The first kappa shape index (κ1) is 27.6. The maximum absolute atomic E-state index is 13.9. The highest BCUT2D eigenvalue weighted by molar-refractivity contribution is 5.98. The summed E-state index contributed by atoms with van der Waals surface area (Å²) in [5.74, 6) is -0.290. The van der Waals surface area contributed by atoms with Crippen LogP contribution in [0.3, 0.4) is 0 Å². The Balaban J connectivity index is 1.35. The van der Waals surface area contributed by atoms with Crippen LogP contribution in [-0.4, -0.2) is 69.9 Å². The number of nitrogens with one attached hydrogen (secondary N) is 1. The molecule has 9 nitrogen and oxygen atoms in total. The normalized spacial score (nSPS) is 14.9. The summed E-state index contributed by atoms with van der Waals surface area (Å²) in [5.41, 5.74) is 3.50. The second kappa shape index (κ2) is 13.0. The van der Waals surface area contributed by atoms with E-state index in [1.807, 2.05) is 91.0 Å². The number of hydrogen-bond acceptors (Lipinski definition) is 5. The molecule has 1 aromatic heterocycles. The molecule has 0 spiro atoms. The third kappa shape index (κ3) is 6.63. The number of ether oxygens (including phenoxy) is 1. The van der Waals surface area contributed by atoms with Gasteiger partial charge in [-0.15, -0.1) is 0 Å². The van der Waals surface area contributed by atoms with Crippen LogP contribution in [0.2, 0.25) is 0 Å². The van der Waals surface area contributed by atoms with E-state index < -0.39 is 6.09 Å². The molecule has 1 aliphatic rings. The van der Waals surface area contributed by atoms with Gasteiger partial charge in [0.25, 0.3) is 5.91 Å². The lowest BCUT2D eigenvalue weighted by Crippen LogP contribution is -2.57. The smallest absolute Gasteiger partial charge is 0.410 e. The van der Waals surface area contributed by atoms with Crippen molar-refractivity contribution in [2.24, 2.45) is 0 Å². The van der Waals surface area contributed by atoms with Crippen LogP contribution >= 0.6 is 0 Å². The Bertz CT molecular complexity index is 1460. The third-order valence-electron chi connectivity index (χ3n) is 7.24. The second-order valence-electron chi connectivity index (χ2n) is 9.93. The van der Waals surface area contributed by atoms with Crippen LogP contribution in [0.1, 0.15) is 29.4 Å². The summed E-state index contributed by atoms with van der Waals surface area (Å²) in [7, 11) is 0. The molecule has 9 heteroatoms. The summed E-state index contributed by atoms with van der Waals surface area (Å²) in [5, 5.41) is 0. The van der Waals surface area contributed by atoms with Crippen molar-refractivity contribution in [2.45, 2.75) is 26.0 Å². The molecule has 3 amide bonds. The fourth-order valence-electron chi connectivity index (χ4n) is 5.12. The van der Waals surface area contributed by atoms with Gasteiger partial charge in [-0.05, 0) is 24.1 Å². The number of rotatable bonds is 8. The third-order valence-corrected chi connectivity index (χ3v) is 7.24. The standard InChI is InChI=1S/C32H33N5O4/c1-24(38)36(27-15-9-4-10-16-27)18-17-28-21-35(32(40)41-22-25-11-5-2-6-12-25)19-20-37(28)31(39)30-29(33-23-34-30)26-13-7-3-8-14-26/h2-16,23,28H,17-22H2,1H3,(H,33,34)/t28-/m1/s1. The number of piperazine rings is 1. The molecule has 5 rings (SSSR count). The molecular formula is C32H33N5O4. The molecule has 1 aliphatic heterocycles. The Morgan fingerprint density at radius 1 is 0.927 bits per heavy atom. The highest BCUT2D eigenvalue weighted by Crippen LogP contribution is 2.25. The van der Waals surface area contributed by atoms with Crippen molar-refractivity contribution in [3.05, 3.63) is 109 Å². The molecule has 1 atom stereocenters. The summed E-state index contributed by atoms with van der Waals surface area (Å²) >= 11 is 0. The molecule has 0 saturated carbocycles. The SMILES string of the molecule is CC(=O)N(CC[C@@H]1CN(C(=O)OCc2ccccc2)CCN1C(=O)c1[nH]cnc1-c1ccccc1)c1ccccc1. The molecule has 0 bridgehead atoms. The van der Waals surface area contributed by atoms with Gasteiger partial charge in [0.1, 0.15) is 18.0 Å². The predicted molar refractivity (Wildman–Crippen MR) is 156 cm³/mol. The number of aromatic nitrogens is 2. The van der Waals surface area contributed by atoms with E-state index in [0.717, 1.165) is 16.8 Å². The Morgan fingerprint density at radius 2 is 1.59 bits per heavy atom. The highest BCUT2D eigenvalue weighted by Gasteiger charge is 2.35. The van der Waals surface area contributed by atoms with E-state index in [1.165, 1.54) is 13.3 Å². The van der Waals surface area contributed by atoms with Crippen LogP contribution in [0.25, 0.3) is 11.3 Å². The zero-order valence-corrected chi connectivity index (χ0v) is 23.0. The predicted octanol–water partition coefficient (Wildman–Crippen LogP) is 4.98. The summed E-state index contributed by atoms with van der Waals surface area (Å²) < 4.78 is 5.60. The number of amides is 3. The van der Waals surface area contributed by atoms with Crippen LogP contribution in [-0.2, 0) is 16.1 Å². The van der Waals surface area contributed by atoms with Crippen LogP contribution in [0.4, 0.5) is 10.5 Å². The molecule has 0 aliphatic carbocycles. The van der Waals surface area contributed by atoms with Gasteiger partial charge in [-0.1, -0.05) is 78.9 Å². The number of aromatic amines is 1. The van der Waals surface area contributed by atoms with Crippen LogP contribution in [0.5, 0.6) is 0 Å². The van der Waals surface area contributed by atoms with E-state index in [-0.39, 0.29) is 31.0 Å². The average Bonchev–Trinajstić information content (AvgIpc) is 3.51. The van der Waals surface area contributed by atoms with E-state index in [1.54, 1.807) is 14.7 Å². The summed E-state index contributed by atoms with van der Waals surface area (Å²) in [4.78, 5) is 52.1. The Morgan fingerprint density at radius 3 is 2.27 bits per heavy atom. The number of nitrogens with zero attached hydrogens (tertiary/aromatic N) is 4. The first-order valence-corrected chi connectivity index (χ1v) is 13.7. The van der Waals surface area contributed by atoms with Gasteiger partial charge in [0.05, 0.1) is 12.4 Å². The average molecular weight is 552 g/mol. The lowest BCUT2D eigenvalue weighted by Gasteiger charge is -2.41. The molecule has 210 valence electrons. The van der Waals surface area contributed by atoms with Crippen molar-refractivity contribution < 1.29 is 19.1 Å². The van der Waals surface area contributed by atoms with Gasteiger partial charge in [0.2, 0.25) is 5.91 Å². The van der Waals surface area contributed by atoms with Crippen LogP contribution < -0.4 is 4.90 Å². The quantitative estimate of drug-likeness (QED) is 0.333. The molecule has 2 heterocycles. The number of carbonyl (C=O) groups is 3.